The van der Waals surface area contributed by atoms with Crippen molar-refractivity contribution in [3.05, 3.63) is 22.8 Å². The van der Waals surface area contributed by atoms with Gasteiger partial charge in [0, 0.05) is 12.7 Å². The number of aromatic nitrogens is 1. The number of aliphatic hydroxyl groups is 1. The molecule has 0 amide bonds. The Labute approximate surface area is 108 Å². The zero-order valence-electron chi connectivity index (χ0n) is 11.1. The molecule has 0 fully saturated rings. The maximum atomic E-state index is 9.65. The lowest BCUT2D eigenvalue weighted by Gasteiger charge is -2.22. The van der Waals surface area contributed by atoms with Gasteiger partial charge in [0.2, 0.25) is 0 Å². The lowest BCUT2D eigenvalue weighted by atomic mass is 9.87. The molecule has 1 heterocycles. The largest absolute Gasteiger partial charge is 0.389 e. The summed E-state index contributed by atoms with van der Waals surface area (Å²) >= 11 is 6.13. The third-order valence-corrected chi connectivity index (χ3v) is 2.67. The Balaban J connectivity index is 2.90. The first-order valence-electron chi connectivity index (χ1n) is 5.72. The first-order chi connectivity index (χ1) is 7.59. The molecular formula is C13H21ClN2O. The fourth-order valence-corrected chi connectivity index (χ4v) is 1.80. The second kappa shape index (κ2) is 4.83. The van der Waals surface area contributed by atoms with Crippen LogP contribution in [0.4, 0.5) is 5.82 Å². The highest BCUT2D eigenvalue weighted by atomic mass is 35.5. The van der Waals surface area contributed by atoms with Crippen molar-refractivity contribution in [1.29, 1.82) is 0 Å². The molecule has 0 aliphatic heterocycles. The summed E-state index contributed by atoms with van der Waals surface area (Å²) in [4.78, 5) is 4.20. The number of rotatable bonds is 3. The molecule has 1 rings (SSSR count). The summed E-state index contributed by atoms with van der Waals surface area (Å²) < 4.78 is 0. The molecule has 0 unspecified atom stereocenters. The molecule has 1 aromatic heterocycles. The van der Waals surface area contributed by atoms with E-state index in [-0.39, 0.29) is 5.41 Å². The Kier molecular flexibility index (Phi) is 4.05. The molecule has 0 saturated carbocycles. The number of pyridine rings is 1. The number of nitrogens with zero attached hydrogens (tertiary/aromatic N) is 1. The molecule has 0 aromatic carbocycles. The number of nitrogens with one attached hydrogen (secondary N) is 1. The average Bonchev–Trinajstić information content (AvgIpc) is 2.13. The van der Waals surface area contributed by atoms with Gasteiger partial charge in [0.1, 0.15) is 5.82 Å². The summed E-state index contributed by atoms with van der Waals surface area (Å²) in [5.74, 6) is 0.737. The van der Waals surface area contributed by atoms with Gasteiger partial charge in [0.15, 0.2) is 0 Å². The first-order valence-corrected chi connectivity index (χ1v) is 6.10. The van der Waals surface area contributed by atoms with E-state index in [4.69, 9.17) is 11.6 Å². The third kappa shape index (κ3) is 4.52. The van der Waals surface area contributed by atoms with Crippen molar-refractivity contribution in [2.24, 2.45) is 0 Å². The van der Waals surface area contributed by atoms with Crippen LogP contribution >= 0.6 is 11.6 Å². The van der Waals surface area contributed by atoms with E-state index in [1.807, 2.05) is 6.07 Å². The van der Waals surface area contributed by atoms with Gasteiger partial charge in [0.05, 0.1) is 10.6 Å². The van der Waals surface area contributed by atoms with Gasteiger partial charge in [-0.2, -0.15) is 0 Å². The second-order valence-corrected chi connectivity index (χ2v) is 6.37. The normalized spacial score (nSPS) is 12.6. The monoisotopic (exact) mass is 256 g/mol. The predicted molar refractivity (Wildman–Crippen MR) is 72.7 cm³/mol. The van der Waals surface area contributed by atoms with Gasteiger partial charge >= 0.3 is 0 Å². The zero-order chi connectivity index (χ0) is 13.3. The molecule has 0 aliphatic rings. The lowest BCUT2D eigenvalue weighted by Crippen LogP contribution is -2.29. The average molecular weight is 257 g/mol. The van der Waals surface area contributed by atoms with Crippen molar-refractivity contribution in [1.82, 2.24) is 4.98 Å². The summed E-state index contributed by atoms with van der Waals surface area (Å²) in [6, 6.07) is 1.94. The fraction of sp³-hybridized carbons (Fsp3) is 0.615. The predicted octanol–water partition coefficient (Wildman–Crippen LogP) is 3.22. The van der Waals surface area contributed by atoms with Crippen molar-refractivity contribution >= 4 is 17.4 Å². The van der Waals surface area contributed by atoms with Crippen molar-refractivity contribution in [2.45, 2.75) is 45.6 Å². The zero-order valence-corrected chi connectivity index (χ0v) is 11.9. The SMILES string of the molecule is CC(C)(O)CNc1cc(C(C)(C)C)c(Cl)cn1. The number of anilines is 1. The molecule has 4 heteroatoms. The van der Waals surface area contributed by atoms with Crippen LogP contribution in [0.2, 0.25) is 5.02 Å². The summed E-state index contributed by atoms with van der Waals surface area (Å²) in [5.41, 5.74) is 0.265. The van der Waals surface area contributed by atoms with E-state index in [0.717, 1.165) is 11.4 Å². The maximum Gasteiger partial charge on any atom is 0.126 e. The minimum Gasteiger partial charge on any atom is -0.389 e. The molecule has 0 saturated heterocycles. The van der Waals surface area contributed by atoms with Crippen molar-refractivity contribution < 1.29 is 5.11 Å². The van der Waals surface area contributed by atoms with Crippen LogP contribution in [0, 0.1) is 0 Å². The van der Waals surface area contributed by atoms with Gasteiger partial charge in [-0.15, -0.1) is 0 Å². The van der Waals surface area contributed by atoms with Crippen LogP contribution in [0.3, 0.4) is 0 Å². The van der Waals surface area contributed by atoms with E-state index in [1.165, 1.54) is 0 Å². The van der Waals surface area contributed by atoms with Crippen LogP contribution in [0.5, 0.6) is 0 Å². The molecule has 17 heavy (non-hydrogen) atoms. The smallest absolute Gasteiger partial charge is 0.126 e. The first kappa shape index (κ1) is 14.3. The number of hydrogen-bond acceptors (Lipinski definition) is 3. The molecule has 0 radical (unpaired) electrons. The van der Waals surface area contributed by atoms with E-state index in [0.29, 0.717) is 11.6 Å². The molecule has 0 atom stereocenters. The van der Waals surface area contributed by atoms with Crippen molar-refractivity contribution in [2.75, 3.05) is 11.9 Å². The maximum absolute atomic E-state index is 9.65. The van der Waals surface area contributed by atoms with E-state index >= 15 is 0 Å². The Hall–Kier alpha value is -0.800. The van der Waals surface area contributed by atoms with Crippen LogP contribution in [0.1, 0.15) is 40.2 Å². The van der Waals surface area contributed by atoms with Gasteiger partial charge in [-0.05, 0) is 30.9 Å². The van der Waals surface area contributed by atoms with Crippen LogP contribution in [0.25, 0.3) is 0 Å². The Morgan fingerprint density at radius 2 is 1.88 bits per heavy atom. The van der Waals surface area contributed by atoms with Crippen molar-refractivity contribution in [3.63, 3.8) is 0 Å². The minimum absolute atomic E-state index is 0.0226. The lowest BCUT2D eigenvalue weighted by molar-refractivity contribution is 0.0944. The molecule has 3 nitrogen and oxygen atoms in total. The van der Waals surface area contributed by atoms with Gasteiger partial charge in [-0.25, -0.2) is 4.98 Å². The Morgan fingerprint density at radius 1 is 1.29 bits per heavy atom. The third-order valence-electron chi connectivity index (χ3n) is 2.37. The van der Waals surface area contributed by atoms with Crippen LogP contribution < -0.4 is 5.32 Å². The summed E-state index contributed by atoms with van der Waals surface area (Å²) in [7, 11) is 0. The van der Waals surface area contributed by atoms with E-state index < -0.39 is 5.60 Å². The van der Waals surface area contributed by atoms with Crippen LogP contribution in [-0.2, 0) is 5.41 Å². The highest BCUT2D eigenvalue weighted by Gasteiger charge is 2.19. The fourth-order valence-electron chi connectivity index (χ4n) is 1.42. The van der Waals surface area contributed by atoms with Crippen LogP contribution in [0.15, 0.2) is 12.3 Å². The van der Waals surface area contributed by atoms with Crippen molar-refractivity contribution in [3.8, 4) is 0 Å². The van der Waals surface area contributed by atoms with E-state index in [2.05, 4.69) is 31.1 Å². The molecule has 1 aromatic rings. The van der Waals surface area contributed by atoms with Gasteiger partial charge in [-0.3, -0.25) is 0 Å². The van der Waals surface area contributed by atoms with Crippen LogP contribution in [-0.4, -0.2) is 22.2 Å². The number of hydrogen-bond donors (Lipinski definition) is 2. The summed E-state index contributed by atoms with van der Waals surface area (Å²) in [5, 5.41) is 13.4. The molecular weight excluding hydrogens is 236 g/mol. The van der Waals surface area contributed by atoms with Gasteiger partial charge in [0.25, 0.3) is 0 Å². The summed E-state index contributed by atoms with van der Waals surface area (Å²) in [6.07, 6.45) is 1.65. The molecule has 96 valence electrons. The molecule has 2 N–H and O–H groups in total. The quantitative estimate of drug-likeness (QED) is 0.873. The minimum atomic E-state index is -0.761. The van der Waals surface area contributed by atoms with E-state index in [1.54, 1.807) is 20.0 Å². The number of halogens is 1. The summed E-state index contributed by atoms with van der Waals surface area (Å²) in [6.45, 7) is 10.3. The second-order valence-electron chi connectivity index (χ2n) is 5.97. The van der Waals surface area contributed by atoms with E-state index in [9.17, 15) is 5.11 Å². The molecule has 0 spiro atoms. The Morgan fingerprint density at radius 3 is 2.35 bits per heavy atom. The standard InChI is InChI=1S/C13H21ClN2O/c1-12(2,3)9-6-11(15-7-10(9)14)16-8-13(4,5)17/h6-7,17H,8H2,1-5H3,(H,15,16). The van der Waals surface area contributed by atoms with Gasteiger partial charge in [-0.1, -0.05) is 32.4 Å². The highest BCUT2D eigenvalue weighted by Crippen LogP contribution is 2.30. The highest BCUT2D eigenvalue weighted by molar-refractivity contribution is 6.31. The Bertz CT molecular complexity index is 391. The molecule has 0 aliphatic carbocycles. The molecule has 0 bridgehead atoms. The topological polar surface area (TPSA) is 45.1 Å². The van der Waals surface area contributed by atoms with Gasteiger partial charge < -0.3 is 10.4 Å².